The van der Waals surface area contributed by atoms with Gasteiger partial charge in [-0.2, -0.15) is 0 Å². The van der Waals surface area contributed by atoms with Crippen LogP contribution < -0.4 is 4.90 Å². The first-order chi connectivity index (χ1) is 9.04. The Labute approximate surface area is 115 Å². The van der Waals surface area contributed by atoms with E-state index < -0.39 is 0 Å². The molecule has 0 aliphatic rings. The Hall–Kier alpha value is -1.39. The summed E-state index contributed by atoms with van der Waals surface area (Å²) in [5.74, 6) is 0.0850. The van der Waals surface area contributed by atoms with Gasteiger partial charge in [-0.25, -0.2) is 0 Å². The zero-order valence-electron chi connectivity index (χ0n) is 12.0. The van der Waals surface area contributed by atoms with E-state index in [4.69, 9.17) is 0 Å². The molecule has 1 aromatic rings. The minimum atomic E-state index is -0.325. The lowest BCUT2D eigenvalue weighted by Gasteiger charge is -2.24. The van der Waals surface area contributed by atoms with Crippen molar-refractivity contribution in [1.29, 1.82) is 0 Å². The van der Waals surface area contributed by atoms with Gasteiger partial charge in [0, 0.05) is 18.8 Å². The largest absolute Gasteiger partial charge is 0.393 e. The Morgan fingerprint density at radius 2 is 1.95 bits per heavy atom. The number of carbonyl (C=O) groups is 1. The number of para-hydroxylation sites is 1. The monoisotopic (exact) mass is 264 g/mol. The summed E-state index contributed by atoms with van der Waals surface area (Å²) in [7, 11) is 1.90. The van der Waals surface area contributed by atoms with Gasteiger partial charge in [-0.3, -0.25) is 9.69 Å². The van der Waals surface area contributed by atoms with Crippen molar-refractivity contribution in [2.45, 2.75) is 26.4 Å². The molecule has 4 nitrogen and oxygen atoms in total. The molecule has 4 heteroatoms. The maximum absolute atomic E-state index is 12.3. The number of likely N-dealkylation sites (N-methyl/N-ethyl adjacent to an activating group) is 2. The van der Waals surface area contributed by atoms with Crippen LogP contribution in [-0.2, 0) is 4.79 Å². The topological polar surface area (TPSA) is 43.8 Å². The number of amides is 1. The molecular formula is C15H24N2O2. The summed E-state index contributed by atoms with van der Waals surface area (Å²) in [6.07, 6.45) is 0.357. The van der Waals surface area contributed by atoms with Crippen molar-refractivity contribution >= 4 is 11.6 Å². The van der Waals surface area contributed by atoms with Gasteiger partial charge in [0.2, 0.25) is 5.91 Å². The van der Waals surface area contributed by atoms with Gasteiger partial charge in [-0.1, -0.05) is 18.2 Å². The van der Waals surface area contributed by atoms with Crippen molar-refractivity contribution in [1.82, 2.24) is 4.90 Å². The molecule has 1 N–H and O–H groups in total. The average Bonchev–Trinajstić information content (AvgIpc) is 2.38. The molecule has 0 saturated heterocycles. The Kier molecular flexibility index (Phi) is 6.53. The summed E-state index contributed by atoms with van der Waals surface area (Å²) in [6, 6.07) is 9.69. The molecule has 0 fully saturated rings. The molecule has 1 rings (SSSR count). The number of anilines is 1. The summed E-state index contributed by atoms with van der Waals surface area (Å²) in [6.45, 7) is 5.48. The molecule has 0 aliphatic heterocycles. The van der Waals surface area contributed by atoms with Crippen LogP contribution in [0.2, 0.25) is 0 Å². The maximum Gasteiger partial charge on any atom is 0.241 e. The Balaban J connectivity index is 2.55. The molecule has 19 heavy (non-hydrogen) atoms. The number of hydrogen-bond acceptors (Lipinski definition) is 3. The maximum atomic E-state index is 12.3. The zero-order chi connectivity index (χ0) is 14.3. The fraction of sp³-hybridized carbons (Fsp3) is 0.533. The fourth-order valence-electron chi connectivity index (χ4n) is 1.91. The second-order valence-electron chi connectivity index (χ2n) is 4.85. The van der Waals surface area contributed by atoms with Gasteiger partial charge in [-0.15, -0.1) is 0 Å². The Morgan fingerprint density at radius 3 is 2.47 bits per heavy atom. The van der Waals surface area contributed by atoms with Gasteiger partial charge in [0.05, 0.1) is 12.6 Å². The van der Waals surface area contributed by atoms with Crippen LogP contribution in [-0.4, -0.2) is 48.7 Å². The summed E-state index contributed by atoms with van der Waals surface area (Å²) < 4.78 is 0. The van der Waals surface area contributed by atoms with E-state index in [0.717, 1.165) is 12.2 Å². The van der Waals surface area contributed by atoms with Crippen molar-refractivity contribution in [3.05, 3.63) is 30.3 Å². The summed E-state index contributed by atoms with van der Waals surface area (Å²) in [5.41, 5.74) is 0.930. The first kappa shape index (κ1) is 15.7. The van der Waals surface area contributed by atoms with E-state index in [-0.39, 0.29) is 12.0 Å². The van der Waals surface area contributed by atoms with Crippen LogP contribution in [0.3, 0.4) is 0 Å². The van der Waals surface area contributed by atoms with Crippen LogP contribution in [0.5, 0.6) is 0 Å². The number of benzene rings is 1. The number of aliphatic hydroxyl groups excluding tert-OH is 1. The van der Waals surface area contributed by atoms with Crippen LogP contribution in [0.1, 0.15) is 20.3 Å². The third-order valence-corrected chi connectivity index (χ3v) is 3.02. The van der Waals surface area contributed by atoms with E-state index in [2.05, 4.69) is 0 Å². The molecule has 0 heterocycles. The van der Waals surface area contributed by atoms with Crippen molar-refractivity contribution in [3.63, 3.8) is 0 Å². The van der Waals surface area contributed by atoms with Gasteiger partial charge >= 0.3 is 0 Å². The standard InChI is InChI=1S/C15H24N2O2/c1-4-17(14-8-6-5-7-9-14)15(19)12-16(3)11-10-13(2)18/h5-9,13,18H,4,10-12H2,1-3H3. The quantitative estimate of drug-likeness (QED) is 0.816. The minimum Gasteiger partial charge on any atom is -0.393 e. The lowest BCUT2D eigenvalue weighted by Crippen LogP contribution is -2.39. The predicted octanol–water partition coefficient (Wildman–Crippen LogP) is 1.74. The molecule has 1 aromatic carbocycles. The molecule has 0 saturated carbocycles. The van der Waals surface area contributed by atoms with Gasteiger partial charge in [0.1, 0.15) is 0 Å². The van der Waals surface area contributed by atoms with E-state index in [0.29, 0.717) is 19.5 Å². The van der Waals surface area contributed by atoms with Crippen LogP contribution >= 0.6 is 0 Å². The van der Waals surface area contributed by atoms with Crippen molar-refractivity contribution in [2.75, 3.05) is 31.6 Å². The third kappa shape index (κ3) is 5.41. The van der Waals surface area contributed by atoms with E-state index in [9.17, 15) is 9.90 Å². The van der Waals surface area contributed by atoms with Crippen molar-refractivity contribution in [3.8, 4) is 0 Å². The second-order valence-corrected chi connectivity index (χ2v) is 4.85. The molecule has 0 spiro atoms. The number of nitrogens with zero attached hydrogens (tertiary/aromatic N) is 2. The summed E-state index contributed by atoms with van der Waals surface area (Å²) in [5, 5.41) is 9.25. The van der Waals surface area contributed by atoms with Crippen LogP contribution in [0, 0.1) is 0 Å². The first-order valence-electron chi connectivity index (χ1n) is 6.76. The summed E-state index contributed by atoms with van der Waals surface area (Å²) >= 11 is 0. The van der Waals surface area contributed by atoms with Crippen LogP contribution in [0.4, 0.5) is 5.69 Å². The highest BCUT2D eigenvalue weighted by Gasteiger charge is 2.15. The third-order valence-electron chi connectivity index (χ3n) is 3.02. The lowest BCUT2D eigenvalue weighted by molar-refractivity contribution is -0.119. The summed E-state index contributed by atoms with van der Waals surface area (Å²) in [4.78, 5) is 16.0. The van der Waals surface area contributed by atoms with E-state index in [1.807, 2.05) is 49.2 Å². The normalized spacial score (nSPS) is 12.5. The molecule has 1 unspecified atom stereocenters. The van der Waals surface area contributed by atoms with Gasteiger partial charge < -0.3 is 10.0 Å². The van der Waals surface area contributed by atoms with Gasteiger partial charge in [0.25, 0.3) is 0 Å². The molecule has 0 radical (unpaired) electrons. The lowest BCUT2D eigenvalue weighted by atomic mass is 10.2. The fourth-order valence-corrected chi connectivity index (χ4v) is 1.91. The van der Waals surface area contributed by atoms with Gasteiger partial charge in [-0.05, 0) is 39.4 Å². The van der Waals surface area contributed by atoms with E-state index in [1.165, 1.54) is 0 Å². The molecular weight excluding hydrogens is 240 g/mol. The smallest absolute Gasteiger partial charge is 0.241 e. The van der Waals surface area contributed by atoms with Crippen molar-refractivity contribution < 1.29 is 9.90 Å². The number of hydrogen-bond donors (Lipinski definition) is 1. The zero-order valence-corrected chi connectivity index (χ0v) is 12.0. The molecule has 1 amide bonds. The van der Waals surface area contributed by atoms with Crippen molar-refractivity contribution in [2.24, 2.45) is 0 Å². The van der Waals surface area contributed by atoms with Gasteiger partial charge in [0.15, 0.2) is 0 Å². The first-order valence-corrected chi connectivity index (χ1v) is 6.76. The number of aliphatic hydroxyl groups is 1. The minimum absolute atomic E-state index is 0.0850. The molecule has 1 atom stereocenters. The predicted molar refractivity (Wildman–Crippen MR) is 78.3 cm³/mol. The molecule has 0 aromatic heterocycles. The SMILES string of the molecule is CCN(C(=O)CN(C)CCC(C)O)c1ccccc1. The average molecular weight is 264 g/mol. The van der Waals surface area contributed by atoms with Crippen LogP contribution in [0.25, 0.3) is 0 Å². The second kappa shape index (κ2) is 7.92. The highest BCUT2D eigenvalue weighted by atomic mass is 16.3. The Bertz CT molecular complexity index is 379. The van der Waals surface area contributed by atoms with E-state index >= 15 is 0 Å². The highest BCUT2D eigenvalue weighted by Crippen LogP contribution is 2.13. The Morgan fingerprint density at radius 1 is 1.32 bits per heavy atom. The molecule has 0 aliphatic carbocycles. The number of carbonyl (C=O) groups excluding carboxylic acids is 1. The molecule has 106 valence electrons. The number of rotatable bonds is 7. The molecule has 0 bridgehead atoms. The van der Waals surface area contributed by atoms with E-state index in [1.54, 1.807) is 11.8 Å². The highest BCUT2D eigenvalue weighted by molar-refractivity contribution is 5.94. The van der Waals surface area contributed by atoms with Crippen LogP contribution in [0.15, 0.2) is 30.3 Å².